The zero-order valence-electron chi connectivity index (χ0n) is 18.0. The molecule has 1 N–H and O–H groups in total. The molecule has 0 aliphatic carbocycles. The van der Waals surface area contributed by atoms with E-state index in [-0.39, 0.29) is 36.2 Å². The molecule has 10 heteroatoms. The number of para-hydroxylation sites is 1. The van der Waals surface area contributed by atoms with Crippen molar-refractivity contribution in [1.29, 1.82) is 0 Å². The van der Waals surface area contributed by atoms with Crippen LogP contribution < -0.4 is 10.1 Å². The van der Waals surface area contributed by atoms with Crippen LogP contribution in [0.2, 0.25) is 5.02 Å². The Morgan fingerprint density at radius 3 is 2.70 bits per heavy atom. The zero-order chi connectivity index (χ0) is 24.0. The highest BCUT2D eigenvalue weighted by Gasteiger charge is 2.32. The number of likely N-dealkylation sites (tertiary alicyclic amines) is 1. The van der Waals surface area contributed by atoms with Gasteiger partial charge in [-0.05, 0) is 43.2 Å². The summed E-state index contributed by atoms with van der Waals surface area (Å²) in [4.78, 5) is 41.0. The number of amides is 3. The summed E-state index contributed by atoms with van der Waals surface area (Å²) in [5, 5.41) is 3.16. The van der Waals surface area contributed by atoms with Gasteiger partial charge >= 0.3 is 6.61 Å². The molecule has 3 rings (SSSR count). The topological polar surface area (TPSA) is 79.0 Å². The van der Waals surface area contributed by atoms with E-state index in [2.05, 4.69) is 10.1 Å². The molecule has 2 aromatic rings. The fourth-order valence-corrected chi connectivity index (χ4v) is 3.94. The van der Waals surface area contributed by atoms with Crippen molar-refractivity contribution in [2.45, 2.75) is 19.5 Å². The van der Waals surface area contributed by atoms with E-state index in [9.17, 15) is 23.2 Å². The van der Waals surface area contributed by atoms with Crippen molar-refractivity contribution < 1.29 is 27.9 Å². The maximum absolute atomic E-state index is 12.9. The molecule has 0 bridgehead atoms. The van der Waals surface area contributed by atoms with Gasteiger partial charge < -0.3 is 19.9 Å². The average molecular weight is 480 g/mol. The number of rotatable bonds is 7. The molecule has 3 amide bonds. The van der Waals surface area contributed by atoms with Gasteiger partial charge in [0, 0.05) is 30.8 Å². The lowest BCUT2D eigenvalue weighted by molar-refractivity contribution is -0.138. The Kier molecular flexibility index (Phi) is 8.21. The van der Waals surface area contributed by atoms with Crippen LogP contribution in [-0.2, 0) is 9.59 Å². The predicted octanol–water partition coefficient (Wildman–Crippen LogP) is 3.89. The highest BCUT2D eigenvalue weighted by atomic mass is 35.5. The normalized spacial score (nSPS) is 15.8. The maximum atomic E-state index is 12.9. The SMILES string of the molecule is CN(CC(=O)Nc1cccc(Cl)c1)C(=O)C1CCCN(C(=O)c2ccccc2OC(F)F)C1. The molecule has 1 fully saturated rings. The Labute approximate surface area is 195 Å². The van der Waals surface area contributed by atoms with Crippen LogP contribution in [0.5, 0.6) is 5.75 Å². The van der Waals surface area contributed by atoms with E-state index in [0.717, 1.165) is 0 Å². The van der Waals surface area contributed by atoms with E-state index in [4.69, 9.17) is 11.6 Å². The second-order valence-corrected chi connectivity index (χ2v) is 8.15. The Morgan fingerprint density at radius 2 is 1.97 bits per heavy atom. The first-order valence-electron chi connectivity index (χ1n) is 10.4. The monoisotopic (exact) mass is 479 g/mol. The van der Waals surface area contributed by atoms with Gasteiger partial charge in [-0.25, -0.2) is 0 Å². The molecule has 0 radical (unpaired) electrons. The molecule has 0 spiro atoms. The number of carbonyl (C=O) groups excluding carboxylic acids is 3. The molecule has 176 valence electrons. The first-order chi connectivity index (χ1) is 15.7. The maximum Gasteiger partial charge on any atom is 0.387 e. The minimum Gasteiger partial charge on any atom is -0.434 e. The largest absolute Gasteiger partial charge is 0.434 e. The van der Waals surface area contributed by atoms with Crippen molar-refractivity contribution in [2.75, 3.05) is 32.0 Å². The molecule has 1 saturated heterocycles. The predicted molar refractivity (Wildman–Crippen MR) is 119 cm³/mol. The van der Waals surface area contributed by atoms with Crippen LogP contribution >= 0.6 is 11.6 Å². The molecular formula is C23H24ClF2N3O4. The number of nitrogens with zero attached hydrogens (tertiary/aromatic N) is 2. The number of hydrogen-bond acceptors (Lipinski definition) is 4. The quantitative estimate of drug-likeness (QED) is 0.653. The van der Waals surface area contributed by atoms with E-state index in [0.29, 0.717) is 30.1 Å². The average Bonchev–Trinajstić information content (AvgIpc) is 2.78. The van der Waals surface area contributed by atoms with E-state index in [1.54, 1.807) is 30.3 Å². The highest BCUT2D eigenvalue weighted by Crippen LogP contribution is 2.25. The summed E-state index contributed by atoms with van der Waals surface area (Å²) in [5.41, 5.74) is 0.535. The molecule has 33 heavy (non-hydrogen) atoms. The summed E-state index contributed by atoms with van der Waals surface area (Å²) in [7, 11) is 1.52. The third kappa shape index (κ3) is 6.64. The van der Waals surface area contributed by atoms with Crippen molar-refractivity contribution in [1.82, 2.24) is 9.80 Å². The van der Waals surface area contributed by atoms with E-state index in [1.165, 1.54) is 35.0 Å². The smallest absolute Gasteiger partial charge is 0.387 e. The van der Waals surface area contributed by atoms with Gasteiger partial charge in [0.1, 0.15) is 5.75 Å². The van der Waals surface area contributed by atoms with Crippen molar-refractivity contribution in [3.63, 3.8) is 0 Å². The Hall–Kier alpha value is -3.20. The fourth-order valence-electron chi connectivity index (χ4n) is 3.75. The number of hydrogen-bond donors (Lipinski definition) is 1. The Bertz CT molecular complexity index is 1020. The number of piperidine rings is 1. The highest BCUT2D eigenvalue weighted by molar-refractivity contribution is 6.30. The summed E-state index contributed by atoms with van der Waals surface area (Å²) in [6, 6.07) is 12.4. The number of ether oxygens (including phenoxy) is 1. The first-order valence-corrected chi connectivity index (χ1v) is 10.8. The molecule has 1 unspecified atom stereocenters. The summed E-state index contributed by atoms with van der Waals surface area (Å²) < 4.78 is 29.8. The van der Waals surface area contributed by atoms with Crippen LogP contribution in [0, 0.1) is 5.92 Å². The third-order valence-electron chi connectivity index (χ3n) is 5.26. The Balaban J connectivity index is 1.61. The second-order valence-electron chi connectivity index (χ2n) is 7.72. The molecule has 1 aliphatic heterocycles. The second kappa shape index (κ2) is 11.1. The number of benzene rings is 2. The van der Waals surface area contributed by atoms with Crippen molar-refractivity contribution in [2.24, 2.45) is 5.92 Å². The molecule has 0 aromatic heterocycles. The summed E-state index contributed by atoms with van der Waals surface area (Å²) in [6.45, 7) is -2.70. The van der Waals surface area contributed by atoms with Gasteiger partial charge in [0.15, 0.2) is 0 Å². The lowest BCUT2D eigenvalue weighted by Gasteiger charge is -2.34. The Morgan fingerprint density at radius 1 is 1.21 bits per heavy atom. The van der Waals surface area contributed by atoms with E-state index >= 15 is 0 Å². The van der Waals surface area contributed by atoms with Gasteiger partial charge in [0.05, 0.1) is 18.0 Å². The van der Waals surface area contributed by atoms with E-state index in [1.807, 2.05) is 0 Å². The van der Waals surface area contributed by atoms with Gasteiger partial charge in [-0.3, -0.25) is 14.4 Å². The van der Waals surface area contributed by atoms with Crippen molar-refractivity contribution >= 4 is 35.0 Å². The van der Waals surface area contributed by atoms with Crippen molar-refractivity contribution in [3.8, 4) is 5.75 Å². The standard InChI is InChI=1S/C23H24ClF2N3O4/c1-28(14-20(30)27-17-8-4-7-16(24)12-17)21(31)15-6-5-11-29(13-15)22(32)18-9-2-3-10-19(18)33-23(25)26/h2-4,7-10,12,15,23H,5-6,11,13-14H2,1H3,(H,27,30). The number of likely N-dealkylation sites (N-methyl/N-ethyl adjacent to an activating group) is 1. The number of alkyl halides is 2. The molecule has 7 nitrogen and oxygen atoms in total. The molecule has 1 aliphatic rings. The van der Waals surface area contributed by atoms with Gasteiger partial charge in [-0.2, -0.15) is 8.78 Å². The van der Waals surface area contributed by atoms with E-state index < -0.39 is 18.4 Å². The summed E-state index contributed by atoms with van der Waals surface area (Å²) in [6.07, 6.45) is 1.13. The fraction of sp³-hybridized carbons (Fsp3) is 0.348. The van der Waals surface area contributed by atoms with Crippen LogP contribution in [0.3, 0.4) is 0 Å². The minimum absolute atomic E-state index is 0.0140. The zero-order valence-corrected chi connectivity index (χ0v) is 18.7. The molecule has 0 saturated carbocycles. The third-order valence-corrected chi connectivity index (χ3v) is 5.49. The van der Waals surface area contributed by atoms with Crippen LogP contribution in [0.4, 0.5) is 14.5 Å². The van der Waals surface area contributed by atoms with Gasteiger partial charge in [0.25, 0.3) is 5.91 Å². The summed E-state index contributed by atoms with van der Waals surface area (Å²) >= 11 is 5.91. The number of carbonyl (C=O) groups is 3. The summed E-state index contributed by atoms with van der Waals surface area (Å²) in [5.74, 6) is -1.85. The molecule has 1 atom stereocenters. The lowest BCUT2D eigenvalue weighted by atomic mass is 9.96. The lowest BCUT2D eigenvalue weighted by Crippen LogP contribution is -2.47. The molecule has 1 heterocycles. The van der Waals surface area contributed by atoms with Gasteiger partial charge in [0.2, 0.25) is 11.8 Å². The minimum atomic E-state index is -3.05. The molecule has 2 aromatic carbocycles. The van der Waals surface area contributed by atoms with Crippen LogP contribution in [0.25, 0.3) is 0 Å². The van der Waals surface area contributed by atoms with Crippen LogP contribution in [0.15, 0.2) is 48.5 Å². The first kappa shape index (κ1) is 24.4. The van der Waals surface area contributed by atoms with Crippen LogP contribution in [-0.4, -0.2) is 60.8 Å². The molecular weight excluding hydrogens is 456 g/mol. The van der Waals surface area contributed by atoms with Crippen molar-refractivity contribution in [3.05, 3.63) is 59.1 Å². The van der Waals surface area contributed by atoms with Gasteiger partial charge in [-0.1, -0.05) is 29.8 Å². The van der Waals surface area contributed by atoms with Gasteiger partial charge in [-0.15, -0.1) is 0 Å². The number of anilines is 1. The number of nitrogens with one attached hydrogen (secondary N) is 1. The number of halogens is 3. The van der Waals surface area contributed by atoms with Crippen LogP contribution in [0.1, 0.15) is 23.2 Å².